The summed E-state index contributed by atoms with van der Waals surface area (Å²) in [6.45, 7) is 3.83. The lowest BCUT2D eigenvalue weighted by molar-refractivity contribution is -0.148. The normalized spacial score (nSPS) is 15.0. The van der Waals surface area contributed by atoms with Crippen molar-refractivity contribution < 1.29 is 9.53 Å². The molecule has 0 bridgehead atoms. The third kappa shape index (κ3) is 3.80. The first-order valence-electron chi connectivity index (χ1n) is 9.59. The highest BCUT2D eigenvalue weighted by Gasteiger charge is 2.27. The SMILES string of the molecule is CCOC(=O)C1CCN(c2cc3cccnc3c(-c3cccc(Cl)c3)n2)CC1. The van der Waals surface area contributed by atoms with Crippen LogP contribution in [0, 0.1) is 5.92 Å². The number of piperidine rings is 1. The Labute approximate surface area is 169 Å². The molecule has 28 heavy (non-hydrogen) atoms. The van der Waals surface area contributed by atoms with E-state index in [4.69, 9.17) is 21.3 Å². The molecule has 3 aromatic rings. The number of benzene rings is 1. The van der Waals surface area contributed by atoms with Crippen molar-refractivity contribution in [3.63, 3.8) is 0 Å². The number of carbonyl (C=O) groups is 1. The smallest absolute Gasteiger partial charge is 0.309 e. The molecule has 1 aliphatic heterocycles. The molecule has 0 atom stereocenters. The molecule has 0 saturated carbocycles. The third-order valence-corrected chi connectivity index (χ3v) is 5.35. The maximum atomic E-state index is 12.0. The number of halogens is 1. The highest BCUT2D eigenvalue weighted by atomic mass is 35.5. The number of aromatic nitrogens is 2. The van der Waals surface area contributed by atoms with E-state index in [-0.39, 0.29) is 11.9 Å². The van der Waals surface area contributed by atoms with Gasteiger partial charge in [-0.3, -0.25) is 9.78 Å². The average molecular weight is 396 g/mol. The Morgan fingerprint density at radius 3 is 2.79 bits per heavy atom. The Balaban J connectivity index is 1.67. The van der Waals surface area contributed by atoms with Gasteiger partial charge in [0.25, 0.3) is 0 Å². The zero-order valence-electron chi connectivity index (χ0n) is 15.8. The minimum Gasteiger partial charge on any atom is -0.466 e. The molecule has 0 aliphatic carbocycles. The first-order valence-corrected chi connectivity index (χ1v) is 9.97. The van der Waals surface area contributed by atoms with Gasteiger partial charge in [-0.1, -0.05) is 29.8 Å². The molecule has 1 aliphatic rings. The van der Waals surface area contributed by atoms with Crippen LogP contribution in [0.15, 0.2) is 48.7 Å². The maximum absolute atomic E-state index is 12.0. The van der Waals surface area contributed by atoms with Gasteiger partial charge in [-0.15, -0.1) is 0 Å². The van der Waals surface area contributed by atoms with Gasteiger partial charge in [-0.2, -0.15) is 0 Å². The fourth-order valence-corrected chi connectivity index (χ4v) is 3.86. The quantitative estimate of drug-likeness (QED) is 0.598. The summed E-state index contributed by atoms with van der Waals surface area (Å²) < 4.78 is 5.17. The van der Waals surface area contributed by atoms with Gasteiger partial charge < -0.3 is 9.64 Å². The number of pyridine rings is 2. The van der Waals surface area contributed by atoms with E-state index in [1.54, 1.807) is 6.20 Å². The molecule has 0 amide bonds. The Morgan fingerprint density at radius 1 is 1.21 bits per heavy atom. The molecule has 6 heteroatoms. The number of rotatable bonds is 4. The number of carbonyl (C=O) groups excluding carboxylic acids is 1. The fraction of sp³-hybridized carbons (Fsp3) is 0.318. The number of hydrogen-bond donors (Lipinski definition) is 0. The lowest BCUT2D eigenvalue weighted by atomic mass is 9.97. The maximum Gasteiger partial charge on any atom is 0.309 e. The number of hydrogen-bond acceptors (Lipinski definition) is 5. The summed E-state index contributed by atoms with van der Waals surface area (Å²) in [5.41, 5.74) is 2.62. The van der Waals surface area contributed by atoms with E-state index >= 15 is 0 Å². The van der Waals surface area contributed by atoms with Gasteiger partial charge in [-0.25, -0.2) is 4.98 Å². The highest BCUT2D eigenvalue weighted by Crippen LogP contribution is 2.32. The molecule has 0 spiro atoms. The largest absolute Gasteiger partial charge is 0.466 e. The van der Waals surface area contributed by atoms with Gasteiger partial charge in [0.05, 0.1) is 23.7 Å². The van der Waals surface area contributed by atoms with Crippen molar-refractivity contribution in [3.8, 4) is 11.3 Å². The predicted octanol–water partition coefficient (Wildman–Crippen LogP) is 4.73. The average Bonchev–Trinajstić information content (AvgIpc) is 2.73. The van der Waals surface area contributed by atoms with E-state index in [0.29, 0.717) is 11.6 Å². The van der Waals surface area contributed by atoms with Crippen molar-refractivity contribution >= 4 is 34.3 Å². The summed E-state index contributed by atoms with van der Waals surface area (Å²) in [7, 11) is 0. The van der Waals surface area contributed by atoms with E-state index in [9.17, 15) is 4.79 Å². The Kier molecular flexibility index (Phi) is 5.44. The van der Waals surface area contributed by atoms with Crippen molar-refractivity contribution in [2.75, 3.05) is 24.6 Å². The van der Waals surface area contributed by atoms with Gasteiger partial charge in [0.2, 0.25) is 0 Å². The number of anilines is 1. The molecular weight excluding hydrogens is 374 g/mol. The second-order valence-corrected chi connectivity index (χ2v) is 7.36. The number of fused-ring (bicyclic) bond motifs is 1. The van der Waals surface area contributed by atoms with Crippen molar-refractivity contribution in [1.29, 1.82) is 0 Å². The summed E-state index contributed by atoms with van der Waals surface area (Å²) in [6.07, 6.45) is 3.33. The summed E-state index contributed by atoms with van der Waals surface area (Å²) >= 11 is 6.20. The van der Waals surface area contributed by atoms with Crippen LogP contribution in [-0.2, 0) is 9.53 Å². The first kappa shape index (κ1) is 18.7. The summed E-state index contributed by atoms with van der Waals surface area (Å²) in [4.78, 5) is 23.7. The molecule has 5 nitrogen and oxygen atoms in total. The zero-order chi connectivity index (χ0) is 19.5. The highest BCUT2D eigenvalue weighted by molar-refractivity contribution is 6.30. The molecular formula is C22H22ClN3O2. The predicted molar refractivity (Wildman–Crippen MR) is 112 cm³/mol. The number of esters is 1. The standard InChI is InChI=1S/C22H22ClN3O2/c1-2-28-22(27)15-8-11-26(12-9-15)19-14-17-6-4-10-24-20(17)21(25-19)16-5-3-7-18(23)13-16/h3-7,10,13-15H,2,8-9,11-12H2,1H3. The molecule has 144 valence electrons. The van der Waals surface area contributed by atoms with Crippen LogP contribution in [0.5, 0.6) is 0 Å². The van der Waals surface area contributed by atoms with E-state index in [1.165, 1.54) is 0 Å². The Hall–Kier alpha value is -2.66. The Morgan fingerprint density at radius 2 is 2.04 bits per heavy atom. The van der Waals surface area contributed by atoms with Crippen molar-refractivity contribution in [3.05, 3.63) is 53.7 Å². The molecule has 1 aromatic carbocycles. The monoisotopic (exact) mass is 395 g/mol. The molecule has 4 rings (SSSR count). The topological polar surface area (TPSA) is 55.3 Å². The van der Waals surface area contributed by atoms with Crippen molar-refractivity contribution in [1.82, 2.24) is 9.97 Å². The van der Waals surface area contributed by atoms with E-state index < -0.39 is 0 Å². The second-order valence-electron chi connectivity index (χ2n) is 6.93. The summed E-state index contributed by atoms with van der Waals surface area (Å²) in [5.74, 6) is 0.793. The van der Waals surface area contributed by atoms with Crippen molar-refractivity contribution in [2.24, 2.45) is 5.92 Å². The van der Waals surface area contributed by atoms with E-state index in [0.717, 1.165) is 53.9 Å². The van der Waals surface area contributed by atoms with Gasteiger partial charge in [0.15, 0.2) is 0 Å². The van der Waals surface area contributed by atoms with Crippen LogP contribution in [0.2, 0.25) is 5.02 Å². The van der Waals surface area contributed by atoms with Crippen LogP contribution in [0.3, 0.4) is 0 Å². The van der Waals surface area contributed by atoms with Crippen LogP contribution in [0.4, 0.5) is 5.82 Å². The molecule has 0 N–H and O–H groups in total. The fourth-order valence-electron chi connectivity index (χ4n) is 3.67. The van der Waals surface area contributed by atoms with Crippen LogP contribution >= 0.6 is 11.6 Å². The molecule has 0 radical (unpaired) electrons. The van der Waals surface area contributed by atoms with Crippen molar-refractivity contribution in [2.45, 2.75) is 19.8 Å². The van der Waals surface area contributed by atoms with E-state index in [1.807, 2.05) is 43.3 Å². The first-order chi connectivity index (χ1) is 13.7. The molecule has 1 saturated heterocycles. The molecule has 3 heterocycles. The molecule has 0 unspecified atom stereocenters. The third-order valence-electron chi connectivity index (χ3n) is 5.11. The lowest BCUT2D eigenvalue weighted by Gasteiger charge is -2.32. The summed E-state index contributed by atoms with van der Waals surface area (Å²) in [6, 6.07) is 13.7. The van der Waals surface area contributed by atoms with Crippen LogP contribution in [0.1, 0.15) is 19.8 Å². The van der Waals surface area contributed by atoms with Gasteiger partial charge in [0.1, 0.15) is 5.82 Å². The van der Waals surface area contributed by atoms with Gasteiger partial charge >= 0.3 is 5.97 Å². The summed E-state index contributed by atoms with van der Waals surface area (Å²) in [5, 5.41) is 1.71. The Bertz CT molecular complexity index is 1000. The van der Waals surface area contributed by atoms with Gasteiger partial charge in [-0.05, 0) is 44.0 Å². The number of ether oxygens (including phenoxy) is 1. The minimum atomic E-state index is -0.0857. The lowest BCUT2D eigenvalue weighted by Crippen LogP contribution is -2.37. The molecule has 2 aromatic heterocycles. The molecule has 1 fully saturated rings. The minimum absolute atomic E-state index is 0.0225. The van der Waals surface area contributed by atoms with Crippen LogP contribution < -0.4 is 4.90 Å². The number of nitrogens with zero attached hydrogens (tertiary/aromatic N) is 3. The van der Waals surface area contributed by atoms with Crippen LogP contribution in [0.25, 0.3) is 22.2 Å². The second kappa shape index (κ2) is 8.15. The zero-order valence-corrected chi connectivity index (χ0v) is 16.5. The van der Waals surface area contributed by atoms with E-state index in [2.05, 4.69) is 16.0 Å². The van der Waals surface area contributed by atoms with Crippen LogP contribution in [-0.4, -0.2) is 35.6 Å². The van der Waals surface area contributed by atoms with Gasteiger partial charge in [0, 0.05) is 35.3 Å².